The van der Waals surface area contributed by atoms with Gasteiger partial charge in [-0.1, -0.05) is 19.1 Å². The fraction of sp³-hybridized carbons (Fsp3) is 0.533. The highest BCUT2D eigenvalue weighted by molar-refractivity contribution is 5.76. The molecule has 106 valence electrons. The van der Waals surface area contributed by atoms with Crippen molar-refractivity contribution in [3.8, 4) is 5.75 Å². The lowest BCUT2D eigenvalue weighted by Gasteiger charge is -2.21. The van der Waals surface area contributed by atoms with Gasteiger partial charge >= 0.3 is 0 Å². The molecule has 4 nitrogen and oxygen atoms in total. The topological polar surface area (TPSA) is 41.6 Å². The Kier molecular flexibility index (Phi) is 6.97. The van der Waals surface area contributed by atoms with E-state index < -0.39 is 0 Å². The van der Waals surface area contributed by atoms with E-state index in [4.69, 9.17) is 4.74 Å². The van der Waals surface area contributed by atoms with Gasteiger partial charge < -0.3 is 15.0 Å². The van der Waals surface area contributed by atoms with E-state index in [-0.39, 0.29) is 5.91 Å². The Labute approximate surface area is 115 Å². The summed E-state index contributed by atoms with van der Waals surface area (Å²) in [6.07, 6.45) is 0.553. The highest BCUT2D eigenvalue weighted by atomic mass is 16.5. The van der Waals surface area contributed by atoms with Crippen molar-refractivity contribution in [2.75, 3.05) is 26.7 Å². The van der Waals surface area contributed by atoms with Gasteiger partial charge in [-0.3, -0.25) is 4.79 Å². The summed E-state index contributed by atoms with van der Waals surface area (Å²) < 4.78 is 5.12. The average Bonchev–Trinajstić information content (AvgIpc) is 2.45. The van der Waals surface area contributed by atoms with E-state index in [1.54, 1.807) is 7.11 Å². The largest absolute Gasteiger partial charge is 0.497 e. The van der Waals surface area contributed by atoms with Gasteiger partial charge in [0.05, 0.1) is 7.11 Å². The van der Waals surface area contributed by atoms with Crippen LogP contribution in [-0.2, 0) is 11.3 Å². The van der Waals surface area contributed by atoms with Crippen LogP contribution in [0.4, 0.5) is 0 Å². The third-order valence-electron chi connectivity index (χ3n) is 3.03. The average molecular weight is 264 g/mol. The predicted octanol–water partition coefficient (Wildman–Crippen LogP) is 2.04. The molecule has 1 N–H and O–H groups in total. The lowest BCUT2D eigenvalue weighted by atomic mass is 10.2. The summed E-state index contributed by atoms with van der Waals surface area (Å²) in [6.45, 7) is 7.09. The van der Waals surface area contributed by atoms with E-state index in [0.29, 0.717) is 13.0 Å². The van der Waals surface area contributed by atoms with E-state index in [1.165, 1.54) is 0 Å². The van der Waals surface area contributed by atoms with E-state index >= 15 is 0 Å². The van der Waals surface area contributed by atoms with Crippen molar-refractivity contribution in [2.45, 2.75) is 26.8 Å². The Balaban J connectivity index is 2.52. The fourth-order valence-corrected chi connectivity index (χ4v) is 1.86. The lowest BCUT2D eigenvalue weighted by Crippen LogP contribution is -2.32. The van der Waals surface area contributed by atoms with Crippen LogP contribution in [0.1, 0.15) is 25.8 Å². The molecule has 0 bridgehead atoms. The van der Waals surface area contributed by atoms with Crippen LogP contribution in [-0.4, -0.2) is 37.6 Å². The highest BCUT2D eigenvalue weighted by Crippen LogP contribution is 2.13. The first kappa shape index (κ1) is 15.5. The molecule has 0 atom stereocenters. The third-order valence-corrected chi connectivity index (χ3v) is 3.03. The van der Waals surface area contributed by atoms with Crippen molar-refractivity contribution in [2.24, 2.45) is 0 Å². The second-order valence-corrected chi connectivity index (χ2v) is 4.36. The first-order valence-electron chi connectivity index (χ1n) is 6.82. The zero-order valence-electron chi connectivity index (χ0n) is 12.1. The molecule has 0 heterocycles. The Bertz CT molecular complexity index is 376. The number of hydrogen-bond acceptors (Lipinski definition) is 3. The smallest absolute Gasteiger partial charge is 0.224 e. The van der Waals surface area contributed by atoms with E-state index in [0.717, 1.165) is 30.9 Å². The number of methoxy groups -OCH3 is 1. The van der Waals surface area contributed by atoms with E-state index in [2.05, 4.69) is 5.32 Å². The maximum atomic E-state index is 12.0. The third kappa shape index (κ3) is 5.30. The molecule has 1 rings (SSSR count). The van der Waals surface area contributed by atoms with Crippen molar-refractivity contribution in [3.63, 3.8) is 0 Å². The quantitative estimate of drug-likeness (QED) is 0.731. The molecule has 0 aliphatic heterocycles. The molecule has 0 aliphatic carbocycles. The summed E-state index contributed by atoms with van der Waals surface area (Å²) in [5, 5.41) is 3.17. The van der Waals surface area contributed by atoms with Crippen molar-refractivity contribution < 1.29 is 9.53 Å². The molecule has 1 aromatic rings. The second-order valence-electron chi connectivity index (χ2n) is 4.36. The van der Waals surface area contributed by atoms with Gasteiger partial charge in [-0.25, -0.2) is 0 Å². The number of carbonyl (C=O) groups excluding carboxylic acids is 1. The summed E-state index contributed by atoms with van der Waals surface area (Å²) in [4.78, 5) is 13.9. The zero-order valence-corrected chi connectivity index (χ0v) is 12.1. The number of nitrogens with one attached hydrogen (secondary N) is 1. The van der Waals surface area contributed by atoms with Crippen molar-refractivity contribution in [3.05, 3.63) is 29.8 Å². The Morgan fingerprint density at radius 3 is 2.47 bits per heavy atom. The number of carbonyl (C=O) groups is 1. The minimum Gasteiger partial charge on any atom is -0.497 e. The number of benzene rings is 1. The molecule has 0 unspecified atom stereocenters. The maximum Gasteiger partial charge on any atom is 0.224 e. The van der Waals surface area contributed by atoms with Crippen LogP contribution in [0.25, 0.3) is 0 Å². The second kappa shape index (κ2) is 8.53. The Morgan fingerprint density at radius 2 is 1.95 bits per heavy atom. The molecule has 1 aromatic carbocycles. The summed E-state index contributed by atoms with van der Waals surface area (Å²) in [5.41, 5.74) is 1.12. The van der Waals surface area contributed by atoms with Crippen molar-refractivity contribution in [1.29, 1.82) is 0 Å². The fourth-order valence-electron chi connectivity index (χ4n) is 1.86. The molecule has 0 saturated carbocycles. The van der Waals surface area contributed by atoms with Crippen LogP contribution < -0.4 is 10.1 Å². The summed E-state index contributed by atoms with van der Waals surface area (Å²) in [7, 11) is 1.65. The van der Waals surface area contributed by atoms with Gasteiger partial charge in [0.25, 0.3) is 0 Å². The van der Waals surface area contributed by atoms with Crippen LogP contribution in [0.15, 0.2) is 24.3 Å². The van der Waals surface area contributed by atoms with Gasteiger partial charge in [0.1, 0.15) is 5.75 Å². The molecule has 1 amide bonds. The van der Waals surface area contributed by atoms with Crippen molar-refractivity contribution >= 4 is 5.91 Å². The molecular weight excluding hydrogens is 240 g/mol. The molecule has 0 radical (unpaired) electrons. The normalized spacial score (nSPS) is 10.3. The van der Waals surface area contributed by atoms with Gasteiger partial charge in [-0.2, -0.15) is 0 Å². The summed E-state index contributed by atoms with van der Waals surface area (Å²) in [6, 6.07) is 7.84. The van der Waals surface area contributed by atoms with Crippen LogP contribution in [0.2, 0.25) is 0 Å². The predicted molar refractivity (Wildman–Crippen MR) is 77.2 cm³/mol. The lowest BCUT2D eigenvalue weighted by molar-refractivity contribution is -0.131. The number of rotatable bonds is 8. The SMILES string of the molecule is CCNCCC(=O)N(CC)Cc1ccc(OC)cc1. The zero-order chi connectivity index (χ0) is 14.1. The minimum atomic E-state index is 0.194. The Hall–Kier alpha value is -1.55. The van der Waals surface area contributed by atoms with Gasteiger partial charge in [0, 0.05) is 26.1 Å². The van der Waals surface area contributed by atoms with E-state index in [1.807, 2.05) is 43.0 Å². The van der Waals surface area contributed by atoms with Gasteiger partial charge in [0.2, 0.25) is 5.91 Å². The standard InChI is InChI=1S/C15H24N2O2/c1-4-16-11-10-15(18)17(5-2)12-13-6-8-14(19-3)9-7-13/h6-9,16H,4-5,10-12H2,1-3H3. The number of ether oxygens (including phenoxy) is 1. The number of nitrogens with zero attached hydrogens (tertiary/aromatic N) is 1. The first-order valence-corrected chi connectivity index (χ1v) is 6.82. The summed E-state index contributed by atoms with van der Waals surface area (Å²) in [5.74, 6) is 1.03. The first-order chi connectivity index (χ1) is 9.21. The van der Waals surface area contributed by atoms with Crippen LogP contribution in [0.5, 0.6) is 5.75 Å². The molecular formula is C15H24N2O2. The molecule has 0 spiro atoms. The minimum absolute atomic E-state index is 0.194. The molecule has 4 heteroatoms. The van der Waals surface area contributed by atoms with Crippen LogP contribution >= 0.6 is 0 Å². The molecule has 0 fully saturated rings. The maximum absolute atomic E-state index is 12.0. The number of amides is 1. The van der Waals surface area contributed by atoms with Crippen molar-refractivity contribution in [1.82, 2.24) is 10.2 Å². The number of hydrogen-bond donors (Lipinski definition) is 1. The highest BCUT2D eigenvalue weighted by Gasteiger charge is 2.11. The van der Waals surface area contributed by atoms with Gasteiger partial charge in [-0.15, -0.1) is 0 Å². The monoisotopic (exact) mass is 264 g/mol. The van der Waals surface area contributed by atoms with E-state index in [9.17, 15) is 4.79 Å². The summed E-state index contributed by atoms with van der Waals surface area (Å²) >= 11 is 0. The van der Waals surface area contributed by atoms with Gasteiger partial charge in [0.15, 0.2) is 0 Å². The molecule has 0 saturated heterocycles. The van der Waals surface area contributed by atoms with Crippen LogP contribution in [0, 0.1) is 0 Å². The van der Waals surface area contributed by atoms with Crippen LogP contribution in [0.3, 0.4) is 0 Å². The molecule has 19 heavy (non-hydrogen) atoms. The molecule has 0 aliphatic rings. The molecule has 0 aromatic heterocycles. The van der Waals surface area contributed by atoms with Gasteiger partial charge in [-0.05, 0) is 31.2 Å². The Morgan fingerprint density at radius 1 is 1.26 bits per heavy atom.